The summed E-state index contributed by atoms with van der Waals surface area (Å²) in [5, 5.41) is 0. The summed E-state index contributed by atoms with van der Waals surface area (Å²) in [5.41, 5.74) is 5.20. The lowest BCUT2D eigenvalue weighted by atomic mass is 10.0. The monoisotopic (exact) mass is 226 g/mol. The highest BCUT2D eigenvalue weighted by atomic mass is 32.1. The van der Waals surface area contributed by atoms with E-state index in [2.05, 4.69) is 13.8 Å². The molecule has 1 heterocycles. The quantitative estimate of drug-likeness (QED) is 0.719. The van der Waals surface area contributed by atoms with Crippen LogP contribution in [0, 0.1) is 17.3 Å². The highest BCUT2D eigenvalue weighted by molar-refractivity contribution is 7.80. The molecular weight excluding hydrogens is 208 g/mol. The molecule has 0 aromatic heterocycles. The Labute approximate surface area is 96.0 Å². The molecule has 2 rings (SSSR count). The van der Waals surface area contributed by atoms with Crippen molar-refractivity contribution in [1.29, 1.82) is 0 Å². The van der Waals surface area contributed by atoms with Gasteiger partial charge in [0.05, 0.1) is 10.4 Å². The van der Waals surface area contributed by atoms with Gasteiger partial charge in [0.2, 0.25) is 5.91 Å². The Bertz CT molecular complexity index is 302. The first-order chi connectivity index (χ1) is 6.97. The van der Waals surface area contributed by atoms with Crippen LogP contribution >= 0.6 is 12.2 Å². The Morgan fingerprint density at radius 2 is 1.80 bits per heavy atom. The molecule has 0 aromatic rings. The fourth-order valence-electron chi connectivity index (χ4n) is 2.29. The van der Waals surface area contributed by atoms with Gasteiger partial charge in [0.15, 0.2) is 0 Å². The molecule has 0 spiro atoms. The second-order valence-electron chi connectivity index (χ2n) is 5.11. The van der Waals surface area contributed by atoms with Crippen molar-refractivity contribution in [1.82, 2.24) is 4.90 Å². The van der Waals surface area contributed by atoms with Crippen LogP contribution in [0.1, 0.15) is 26.7 Å². The maximum atomic E-state index is 12.2. The predicted octanol–water partition coefficient (Wildman–Crippen LogP) is 1.17. The molecule has 1 aliphatic carbocycles. The van der Waals surface area contributed by atoms with E-state index in [1.165, 1.54) is 0 Å². The van der Waals surface area contributed by atoms with E-state index in [-0.39, 0.29) is 5.91 Å². The van der Waals surface area contributed by atoms with Gasteiger partial charge in [0.25, 0.3) is 0 Å². The second-order valence-corrected chi connectivity index (χ2v) is 5.55. The zero-order chi connectivity index (χ0) is 11.2. The molecule has 3 nitrogen and oxygen atoms in total. The summed E-state index contributed by atoms with van der Waals surface area (Å²) in [5.74, 6) is 1.36. The molecule has 1 saturated carbocycles. The fraction of sp³-hybridized carbons (Fsp3) is 0.818. The molecule has 15 heavy (non-hydrogen) atoms. The van der Waals surface area contributed by atoms with Crippen LogP contribution in [0.2, 0.25) is 0 Å². The third-order valence-corrected chi connectivity index (χ3v) is 4.30. The zero-order valence-corrected chi connectivity index (χ0v) is 10.1. The van der Waals surface area contributed by atoms with E-state index in [0.717, 1.165) is 25.9 Å². The molecule has 2 aliphatic rings. The van der Waals surface area contributed by atoms with Crippen molar-refractivity contribution in [3.63, 3.8) is 0 Å². The minimum Gasteiger partial charge on any atom is -0.392 e. The van der Waals surface area contributed by atoms with E-state index in [0.29, 0.717) is 16.8 Å². The van der Waals surface area contributed by atoms with Crippen molar-refractivity contribution in [2.45, 2.75) is 26.7 Å². The first kappa shape index (κ1) is 10.9. The molecule has 84 valence electrons. The molecule has 1 saturated heterocycles. The van der Waals surface area contributed by atoms with Crippen LogP contribution in [-0.4, -0.2) is 28.9 Å². The summed E-state index contributed by atoms with van der Waals surface area (Å²) in [7, 11) is 0. The molecule has 2 atom stereocenters. The first-order valence-corrected chi connectivity index (χ1v) is 5.97. The van der Waals surface area contributed by atoms with Crippen LogP contribution < -0.4 is 5.73 Å². The normalized spacial score (nSPS) is 32.8. The summed E-state index contributed by atoms with van der Waals surface area (Å²) in [4.78, 5) is 14.6. The number of hydrogen-bond acceptors (Lipinski definition) is 2. The topological polar surface area (TPSA) is 46.3 Å². The van der Waals surface area contributed by atoms with E-state index in [1.54, 1.807) is 0 Å². The molecule has 4 heteroatoms. The van der Waals surface area contributed by atoms with Gasteiger partial charge in [-0.05, 0) is 24.7 Å². The van der Waals surface area contributed by atoms with Crippen LogP contribution in [0.15, 0.2) is 0 Å². The minimum absolute atomic E-state index is 0.172. The molecule has 0 radical (unpaired) electrons. The van der Waals surface area contributed by atoms with Crippen LogP contribution in [0.4, 0.5) is 0 Å². The van der Waals surface area contributed by atoms with Crippen molar-refractivity contribution in [2.24, 2.45) is 23.0 Å². The maximum Gasteiger partial charge on any atom is 0.235 e. The number of thiocarbonyl (C=S) groups is 1. The smallest absolute Gasteiger partial charge is 0.235 e. The Morgan fingerprint density at radius 3 is 2.13 bits per heavy atom. The molecule has 0 aromatic carbocycles. The molecule has 2 fully saturated rings. The van der Waals surface area contributed by atoms with E-state index in [9.17, 15) is 4.79 Å². The van der Waals surface area contributed by atoms with E-state index >= 15 is 0 Å². The summed E-state index contributed by atoms with van der Waals surface area (Å²) >= 11 is 5.00. The lowest BCUT2D eigenvalue weighted by Crippen LogP contribution is -2.41. The first-order valence-electron chi connectivity index (χ1n) is 5.56. The van der Waals surface area contributed by atoms with Gasteiger partial charge in [-0.2, -0.15) is 0 Å². The zero-order valence-electron chi connectivity index (χ0n) is 9.32. The van der Waals surface area contributed by atoms with Gasteiger partial charge in [-0.1, -0.05) is 26.1 Å². The van der Waals surface area contributed by atoms with Crippen molar-refractivity contribution < 1.29 is 4.79 Å². The Morgan fingerprint density at radius 1 is 1.33 bits per heavy atom. The summed E-state index contributed by atoms with van der Waals surface area (Å²) in [6.07, 6.45) is 1.70. The number of carbonyl (C=O) groups is 1. The number of amides is 1. The highest BCUT2D eigenvalue weighted by Gasteiger charge is 2.55. The molecule has 1 aliphatic heterocycles. The predicted molar refractivity (Wildman–Crippen MR) is 63.4 cm³/mol. The average Bonchev–Trinajstić information content (AvgIpc) is 2.90. The fourth-order valence-corrected chi connectivity index (χ4v) is 2.58. The summed E-state index contributed by atoms with van der Waals surface area (Å²) in [6, 6.07) is 0. The van der Waals surface area contributed by atoms with Crippen molar-refractivity contribution in [2.75, 3.05) is 13.1 Å². The van der Waals surface area contributed by atoms with Gasteiger partial charge in [-0.25, -0.2) is 0 Å². The van der Waals surface area contributed by atoms with Crippen molar-refractivity contribution in [3.8, 4) is 0 Å². The van der Waals surface area contributed by atoms with E-state index < -0.39 is 5.41 Å². The van der Waals surface area contributed by atoms with Gasteiger partial charge < -0.3 is 10.6 Å². The lowest BCUT2D eigenvalue weighted by molar-refractivity contribution is -0.133. The van der Waals surface area contributed by atoms with Crippen molar-refractivity contribution >= 4 is 23.1 Å². The van der Waals surface area contributed by atoms with Crippen LogP contribution in [-0.2, 0) is 4.79 Å². The van der Waals surface area contributed by atoms with Gasteiger partial charge in [-0.15, -0.1) is 0 Å². The van der Waals surface area contributed by atoms with Crippen LogP contribution in [0.3, 0.4) is 0 Å². The van der Waals surface area contributed by atoms with Gasteiger partial charge >= 0.3 is 0 Å². The SMILES string of the molecule is CC1CN(C(=O)C2(C(N)=S)CC2)CC1C. The minimum atomic E-state index is -0.459. The molecule has 2 N–H and O–H groups in total. The Balaban J connectivity index is 2.07. The number of rotatable bonds is 2. The summed E-state index contributed by atoms with van der Waals surface area (Å²) in [6.45, 7) is 6.12. The number of carbonyl (C=O) groups excluding carboxylic acids is 1. The number of likely N-dealkylation sites (tertiary alicyclic amines) is 1. The van der Waals surface area contributed by atoms with Crippen LogP contribution in [0.5, 0.6) is 0 Å². The highest BCUT2D eigenvalue weighted by Crippen LogP contribution is 2.48. The van der Waals surface area contributed by atoms with Gasteiger partial charge in [0, 0.05) is 13.1 Å². The maximum absolute atomic E-state index is 12.2. The Hall–Kier alpha value is -0.640. The second kappa shape index (κ2) is 3.44. The number of nitrogens with two attached hydrogens (primary N) is 1. The third-order valence-electron chi connectivity index (χ3n) is 3.91. The lowest BCUT2D eigenvalue weighted by Gasteiger charge is -2.22. The largest absolute Gasteiger partial charge is 0.392 e. The number of hydrogen-bond donors (Lipinski definition) is 1. The third kappa shape index (κ3) is 1.65. The van der Waals surface area contributed by atoms with Crippen LogP contribution in [0.25, 0.3) is 0 Å². The van der Waals surface area contributed by atoms with E-state index in [4.69, 9.17) is 18.0 Å². The average molecular weight is 226 g/mol. The van der Waals surface area contributed by atoms with Gasteiger partial charge in [0.1, 0.15) is 0 Å². The molecule has 1 amide bonds. The molecular formula is C11H18N2OS. The molecule has 0 bridgehead atoms. The number of nitrogens with zero attached hydrogens (tertiary/aromatic N) is 1. The van der Waals surface area contributed by atoms with E-state index in [1.807, 2.05) is 4.90 Å². The van der Waals surface area contributed by atoms with Gasteiger partial charge in [-0.3, -0.25) is 4.79 Å². The summed E-state index contributed by atoms with van der Waals surface area (Å²) < 4.78 is 0. The Kier molecular flexibility index (Phi) is 2.49. The van der Waals surface area contributed by atoms with Crippen molar-refractivity contribution in [3.05, 3.63) is 0 Å². The molecule has 2 unspecified atom stereocenters. The standard InChI is InChI=1S/C11H18N2OS/c1-7-5-13(6-8(7)2)10(14)11(3-4-11)9(12)15/h7-8H,3-6H2,1-2H3,(H2,12,15).